The number of halogens is 1. The summed E-state index contributed by atoms with van der Waals surface area (Å²) in [6.07, 6.45) is 7.39. The summed E-state index contributed by atoms with van der Waals surface area (Å²) >= 11 is 3.44. The van der Waals surface area contributed by atoms with E-state index in [-0.39, 0.29) is 6.04 Å². The van der Waals surface area contributed by atoms with Crippen LogP contribution in [0.25, 0.3) is 0 Å². The normalized spacial score (nSPS) is 12.4. The molecule has 0 aliphatic rings. The molecule has 1 N–H and O–H groups in total. The zero-order valence-corrected chi connectivity index (χ0v) is 11.4. The quantitative estimate of drug-likeness (QED) is 0.945. The average Bonchev–Trinajstić information content (AvgIpc) is 2.30. The topological polar surface area (TPSA) is 37.8 Å². The van der Waals surface area contributed by atoms with Crippen LogP contribution in [0.4, 0.5) is 0 Å². The molecule has 0 aliphatic heterocycles. The molecule has 0 aliphatic carbocycles. The molecule has 0 saturated carbocycles. The Morgan fingerprint density at radius 3 is 2.29 bits per heavy atom. The fourth-order valence-electron chi connectivity index (χ4n) is 1.85. The van der Waals surface area contributed by atoms with Crippen LogP contribution in [0, 0.1) is 6.92 Å². The Morgan fingerprint density at radius 1 is 1.06 bits per heavy atom. The van der Waals surface area contributed by atoms with Crippen LogP contribution >= 0.6 is 15.9 Å². The minimum atomic E-state index is 0.118. The van der Waals surface area contributed by atoms with Gasteiger partial charge in [-0.3, -0.25) is 9.97 Å². The number of pyridine rings is 2. The second kappa shape index (κ2) is 5.38. The molecule has 0 radical (unpaired) electrons. The summed E-state index contributed by atoms with van der Waals surface area (Å²) in [7, 11) is 1.94. The molecular weight excluding hydrogens is 278 g/mol. The van der Waals surface area contributed by atoms with Crippen molar-refractivity contribution in [2.24, 2.45) is 0 Å². The Labute approximate surface area is 109 Å². The number of aryl methyl sites for hydroxylation is 1. The van der Waals surface area contributed by atoms with Crippen LogP contribution in [0.2, 0.25) is 0 Å². The van der Waals surface area contributed by atoms with Crippen molar-refractivity contribution in [3.05, 3.63) is 58.1 Å². The van der Waals surface area contributed by atoms with Crippen molar-refractivity contribution in [3.63, 3.8) is 0 Å². The van der Waals surface area contributed by atoms with Crippen molar-refractivity contribution in [1.29, 1.82) is 0 Å². The number of rotatable bonds is 3. The molecule has 0 saturated heterocycles. The van der Waals surface area contributed by atoms with E-state index in [1.54, 1.807) is 6.20 Å². The molecule has 0 spiro atoms. The number of hydrogen-bond donors (Lipinski definition) is 1. The first-order chi connectivity index (χ1) is 8.20. The van der Waals surface area contributed by atoms with E-state index >= 15 is 0 Å². The van der Waals surface area contributed by atoms with Crippen molar-refractivity contribution in [2.45, 2.75) is 13.0 Å². The summed E-state index contributed by atoms with van der Waals surface area (Å²) in [5.41, 5.74) is 3.42. The minimum absolute atomic E-state index is 0.118. The van der Waals surface area contributed by atoms with Gasteiger partial charge in [-0.25, -0.2) is 0 Å². The maximum absolute atomic E-state index is 4.23. The van der Waals surface area contributed by atoms with Crippen LogP contribution in [-0.2, 0) is 0 Å². The summed E-state index contributed by atoms with van der Waals surface area (Å²) < 4.78 is 0.982. The highest BCUT2D eigenvalue weighted by molar-refractivity contribution is 9.10. The van der Waals surface area contributed by atoms with Crippen LogP contribution in [0.15, 0.2) is 41.4 Å². The molecule has 17 heavy (non-hydrogen) atoms. The first-order valence-corrected chi connectivity index (χ1v) is 6.19. The predicted octanol–water partition coefficient (Wildman–Crippen LogP) is 2.86. The summed E-state index contributed by atoms with van der Waals surface area (Å²) in [6.45, 7) is 2.04. The van der Waals surface area contributed by atoms with Gasteiger partial charge in [0.05, 0.1) is 6.04 Å². The summed E-state index contributed by atoms with van der Waals surface area (Å²) in [6, 6.07) is 4.32. The third-order valence-electron chi connectivity index (χ3n) is 2.58. The molecule has 1 unspecified atom stereocenters. The van der Waals surface area contributed by atoms with Gasteiger partial charge in [-0.15, -0.1) is 0 Å². The van der Waals surface area contributed by atoms with Crippen molar-refractivity contribution in [2.75, 3.05) is 7.05 Å². The Morgan fingerprint density at radius 2 is 1.71 bits per heavy atom. The van der Waals surface area contributed by atoms with E-state index in [1.807, 2.05) is 32.6 Å². The van der Waals surface area contributed by atoms with E-state index in [4.69, 9.17) is 0 Å². The Kier molecular flexibility index (Phi) is 3.86. The average molecular weight is 292 g/mol. The zero-order chi connectivity index (χ0) is 12.3. The Hall–Kier alpha value is -1.26. The zero-order valence-electron chi connectivity index (χ0n) is 9.81. The third-order valence-corrected chi connectivity index (χ3v) is 3.01. The molecule has 0 bridgehead atoms. The van der Waals surface area contributed by atoms with E-state index in [2.05, 4.69) is 43.3 Å². The van der Waals surface area contributed by atoms with E-state index in [1.165, 1.54) is 0 Å². The van der Waals surface area contributed by atoms with Gasteiger partial charge in [-0.05, 0) is 52.7 Å². The van der Waals surface area contributed by atoms with E-state index in [9.17, 15) is 0 Å². The lowest BCUT2D eigenvalue weighted by Gasteiger charge is -2.17. The monoisotopic (exact) mass is 291 g/mol. The molecule has 2 aromatic heterocycles. The lowest BCUT2D eigenvalue weighted by molar-refractivity contribution is 0.684. The molecule has 0 amide bonds. The van der Waals surface area contributed by atoms with Gasteiger partial charge < -0.3 is 5.32 Å². The summed E-state index contributed by atoms with van der Waals surface area (Å²) in [5, 5.41) is 3.29. The molecule has 88 valence electrons. The van der Waals surface area contributed by atoms with Gasteiger partial charge in [0.1, 0.15) is 0 Å². The van der Waals surface area contributed by atoms with Crippen molar-refractivity contribution < 1.29 is 0 Å². The molecular formula is C13H14BrN3. The number of hydrogen-bond acceptors (Lipinski definition) is 3. The van der Waals surface area contributed by atoms with E-state index in [0.717, 1.165) is 21.2 Å². The molecule has 2 rings (SSSR count). The first-order valence-electron chi connectivity index (χ1n) is 5.40. The first kappa shape index (κ1) is 12.2. The van der Waals surface area contributed by atoms with Crippen LogP contribution in [0.1, 0.15) is 22.7 Å². The highest BCUT2D eigenvalue weighted by atomic mass is 79.9. The van der Waals surface area contributed by atoms with E-state index in [0.29, 0.717) is 0 Å². The molecule has 2 heterocycles. The Balaban J connectivity index is 2.40. The van der Waals surface area contributed by atoms with Crippen molar-refractivity contribution in [3.8, 4) is 0 Å². The van der Waals surface area contributed by atoms with Gasteiger partial charge in [-0.1, -0.05) is 6.07 Å². The number of nitrogens with one attached hydrogen (secondary N) is 1. The Bertz CT molecular complexity index is 468. The minimum Gasteiger partial charge on any atom is -0.309 e. The standard InChI is InChI=1S/C13H14BrN3/c1-9-3-10(6-16-5-9)13(15-2)11-4-12(14)8-17-7-11/h3-8,13,15H,1-2H3. The van der Waals surface area contributed by atoms with Crippen LogP contribution < -0.4 is 5.32 Å². The lowest BCUT2D eigenvalue weighted by atomic mass is 10.0. The molecule has 4 heteroatoms. The number of aromatic nitrogens is 2. The highest BCUT2D eigenvalue weighted by Gasteiger charge is 2.12. The lowest BCUT2D eigenvalue weighted by Crippen LogP contribution is -2.18. The van der Waals surface area contributed by atoms with Crippen LogP contribution in [0.3, 0.4) is 0 Å². The van der Waals surface area contributed by atoms with E-state index < -0.39 is 0 Å². The van der Waals surface area contributed by atoms with Gasteiger partial charge in [0.15, 0.2) is 0 Å². The molecule has 0 fully saturated rings. The highest BCUT2D eigenvalue weighted by Crippen LogP contribution is 2.23. The molecule has 2 aromatic rings. The maximum atomic E-state index is 4.23. The summed E-state index contributed by atoms with van der Waals surface area (Å²) in [4.78, 5) is 8.42. The van der Waals surface area contributed by atoms with Gasteiger partial charge in [-0.2, -0.15) is 0 Å². The predicted molar refractivity (Wildman–Crippen MR) is 71.8 cm³/mol. The van der Waals surface area contributed by atoms with Gasteiger partial charge >= 0.3 is 0 Å². The van der Waals surface area contributed by atoms with Gasteiger partial charge in [0.2, 0.25) is 0 Å². The second-order valence-electron chi connectivity index (χ2n) is 3.95. The molecule has 0 aromatic carbocycles. The largest absolute Gasteiger partial charge is 0.309 e. The van der Waals surface area contributed by atoms with Crippen LogP contribution in [0.5, 0.6) is 0 Å². The maximum Gasteiger partial charge on any atom is 0.0605 e. The van der Waals surface area contributed by atoms with Gasteiger partial charge in [0.25, 0.3) is 0 Å². The number of nitrogens with zero attached hydrogens (tertiary/aromatic N) is 2. The van der Waals surface area contributed by atoms with Crippen LogP contribution in [-0.4, -0.2) is 17.0 Å². The van der Waals surface area contributed by atoms with Crippen molar-refractivity contribution in [1.82, 2.24) is 15.3 Å². The van der Waals surface area contributed by atoms with Gasteiger partial charge in [0, 0.05) is 29.3 Å². The fraction of sp³-hybridized carbons (Fsp3) is 0.231. The fourth-order valence-corrected chi connectivity index (χ4v) is 2.23. The smallest absolute Gasteiger partial charge is 0.0605 e. The van der Waals surface area contributed by atoms with Crippen molar-refractivity contribution >= 4 is 15.9 Å². The second-order valence-corrected chi connectivity index (χ2v) is 4.87. The SMILES string of the molecule is CNC(c1cncc(C)c1)c1cncc(Br)c1. The summed E-state index contributed by atoms with van der Waals surface area (Å²) in [5.74, 6) is 0. The molecule has 3 nitrogen and oxygen atoms in total. The molecule has 1 atom stereocenters. The third kappa shape index (κ3) is 2.90.